The number of aromatic nitrogens is 5. The predicted octanol–water partition coefficient (Wildman–Crippen LogP) is 1.93. The molecule has 0 radical (unpaired) electrons. The van der Waals surface area contributed by atoms with Crippen LogP contribution in [0.5, 0.6) is 0 Å². The standard InChI is InChI=1S/C16H21N7OS/c1-11-4-5-12-13(8-11)20-14(19-12)9-22(2)15(24)17-6-7-25-16-21-18-10-23(16)3/h4-5,8,10H,6-7,9H2,1-3H3,(H,17,24)(H,19,20). The van der Waals surface area contributed by atoms with Crippen molar-refractivity contribution in [3.05, 3.63) is 35.9 Å². The van der Waals surface area contributed by atoms with Gasteiger partial charge in [0.2, 0.25) is 0 Å². The Balaban J connectivity index is 1.47. The molecule has 0 aliphatic heterocycles. The lowest BCUT2D eigenvalue weighted by molar-refractivity contribution is 0.206. The molecule has 0 atom stereocenters. The first-order valence-electron chi connectivity index (χ1n) is 7.94. The van der Waals surface area contributed by atoms with Crippen LogP contribution >= 0.6 is 11.8 Å². The van der Waals surface area contributed by atoms with Crippen LogP contribution in [0.1, 0.15) is 11.4 Å². The minimum Gasteiger partial charge on any atom is -0.340 e. The normalized spacial score (nSPS) is 11.0. The second-order valence-electron chi connectivity index (χ2n) is 5.86. The van der Waals surface area contributed by atoms with E-state index in [1.54, 1.807) is 30.0 Å². The van der Waals surface area contributed by atoms with Crippen molar-refractivity contribution in [2.75, 3.05) is 19.3 Å². The van der Waals surface area contributed by atoms with E-state index in [0.717, 1.165) is 27.8 Å². The highest BCUT2D eigenvalue weighted by Crippen LogP contribution is 2.14. The van der Waals surface area contributed by atoms with Gasteiger partial charge in [0.25, 0.3) is 0 Å². The van der Waals surface area contributed by atoms with E-state index >= 15 is 0 Å². The van der Waals surface area contributed by atoms with Crippen LogP contribution < -0.4 is 5.32 Å². The monoisotopic (exact) mass is 359 g/mol. The van der Waals surface area contributed by atoms with Gasteiger partial charge in [0.15, 0.2) is 5.16 Å². The molecule has 0 unspecified atom stereocenters. The molecule has 8 nitrogen and oxygen atoms in total. The summed E-state index contributed by atoms with van der Waals surface area (Å²) in [4.78, 5) is 21.6. The minimum absolute atomic E-state index is 0.129. The largest absolute Gasteiger partial charge is 0.340 e. The number of carbonyl (C=O) groups is 1. The van der Waals surface area contributed by atoms with Crippen molar-refractivity contribution in [2.45, 2.75) is 18.6 Å². The van der Waals surface area contributed by atoms with Gasteiger partial charge in [0.1, 0.15) is 12.2 Å². The van der Waals surface area contributed by atoms with Gasteiger partial charge >= 0.3 is 6.03 Å². The number of aromatic amines is 1. The molecule has 3 rings (SSSR count). The molecule has 0 fully saturated rings. The third-order valence-corrected chi connectivity index (χ3v) is 4.74. The summed E-state index contributed by atoms with van der Waals surface area (Å²) in [5, 5.41) is 11.5. The van der Waals surface area contributed by atoms with Crippen molar-refractivity contribution in [2.24, 2.45) is 7.05 Å². The fourth-order valence-corrected chi connectivity index (χ4v) is 3.13. The maximum absolute atomic E-state index is 12.2. The summed E-state index contributed by atoms with van der Waals surface area (Å²) in [6.45, 7) is 3.02. The van der Waals surface area contributed by atoms with Crippen LogP contribution in [-0.4, -0.2) is 55.0 Å². The number of nitrogens with one attached hydrogen (secondary N) is 2. The number of fused-ring (bicyclic) bond motifs is 1. The highest BCUT2D eigenvalue weighted by Gasteiger charge is 2.11. The van der Waals surface area contributed by atoms with Gasteiger partial charge in [-0.05, 0) is 24.6 Å². The van der Waals surface area contributed by atoms with E-state index in [4.69, 9.17) is 0 Å². The zero-order valence-electron chi connectivity index (χ0n) is 14.5. The van der Waals surface area contributed by atoms with Crippen LogP contribution in [0.4, 0.5) is 4.79 Å². The Morgan fingerprint density at radius 3 is 3.04 bits per heavy atom. The predicted molar refractivity (Wildman–Crippen MR) is 97.4 cm³/mol. The van der Waals surface area contributed by atoms with E-state index in [-0.39, 0.29) is 6.03 Å². The molecule has 25 heavy (non-hydrogen) atoms. The summed E-state index contributed by atoms with van der Waals surface area (Å²) in [5.74, 6) is 1.50. The van der Waals surface area contributed by atoms with Gasteiger partial charge in [-0.3, -0.25) is 0 Å². The number of urea groups is 1. The SMILES string of the molecule is Cc1ccc2nc(CN(C)C(=O)NCCSc3nncn3C)[nH]c2c1. The lowest BCUT2D eigenvalue weighted by atomic mass is 10.2. The highest BCUT2D eigenvalue weighted by molar-refractivity contribution is 7.99. The lowest BCUT2D eigenvalue weighted by Gasteiger charge is -2.16. The molecule has 0 spiro atoms. The Bertz CT molecular complexity index is 872. The molecule has 9 heteroatoms. The van der Waals surface area contributed by atoms with Gasteiger partial charge in [-0.1, -0.05) is 17.8 Å². The Labute approximate surface area is 150 Å². The summed E-state index contributed by atoms with van der Waals surface area (Å²) in [6, 6.07) is 5.93. The molecular formula is C16H21N7OS. The molecule has 0 saturated carbocycles. The Hall–Kier alpha value is -2.55. The van der Waals surface area contributed by atoms with Gasteiger partial charge in [-0.25, -0.2) is 9.78 Å². The number of nitrogens with zero attached hydrogens (tertiary/aromatic N) is 5. The van der Waals surface area contributed by atoms with E-state index < -0.39 is 0 Å². The third kappa shape index (κ3) is 4.30. The maximum Gasteiger partial charge on any atom is 0.317 e. The van der Waals surface area contributed by atoms with Gasteiger partial charge in [0, 0.05) is 26.4 Å². The van der Waals surface area contributed by atoms with E-state index in [0.29, 0.717) is 13.1 Å². The lowest BCUT2D eigenvalue weighted by Crippen LogP contribution is -2.38. The van der Waals surface area contributed by atoms with Gasteiger partial charge in [0.05, 0.1) is 17.6 Å². The van der Waals surface area contributed by atoms with E-state index in [9.17, 15) is 4.79 Å². The van der Waals surface area contributed by atoms with Crippen molar-refractivity contribution in [1.29, 1.82) is 0 Å². The fraction of sp³-hybridized carbons (Fsp3) is 0.375. The van der Waals surface area contributed by atoms with Crippen LogP contribution in [0.15, 0.2) is 29.7 Å². The smallest absolute Gasteiger partial charge is 0.317 e. The van der Waals surface area contributed by atoms with E-state index in [1.807, 2.05) is 30.7 Å². The molecule has 3 aromatic rings. The first kappa shape index (κ1) is 17.3. The average molecular weight is 359 g/mol. The number of imidazole rings is 1. The number of thioether (sulfide) groups is 1. The Morgan fingerprint density at radius 2 is 2.28 bits per heavy atom. The first-order chi connectivity index (χ1) is 12.0. The topological polar surface area (TPSA) is 91.7 Å². The van der Waals surface area contributed by atoms with Crippen LogP contribution in [-0.2, 0) is 13.6 Å². The number of benzene rings is 1. The van der Waals surface area contributed by atoms with Crippen LogP contribution in [0.25, 0.3) is 11.0 Å². The average Bonchev–Trinajstić information content (AvgIpc) is 3.16. The second kappa shape index (κ2) is 7.56. The van der Waals surface area contributed by atoms with Gasteiger partial charge in [-0.2, -0.15) is 0 Å². The summed E-state index contributed by atoms with van der Waals surface area (Å²) in [5.41, 5.74) is 3.08. The minimum atomic E-state index is -0.129. The van der Waals surface area contributed by atoms with Gasteiger partial charge < -0.3 is 19.8 Å². The molecule has 2 aromatic heterocycles. The first-order valence-corrected chi connectivity index (χ1v) is 8.92. The van der Waals surface area contributed by atoms with Crippen molar-refractivity contribution < 1.29 is 4.79 Å². The number of H-pyrrole nitrogens is 1. The third-order valence-electron chi connectivity index (χ3n) is 3.70. The second-order valence-corrected chi connectivity index (χ2v) is 6.93. The molecule has 2 amide bonds. The maximum atomic E-state index is 12.2. The molecule has 2 heterocycles. The summed E-state index contributed by atoms with van der Waals surface area (Å²) in [7, 11) is 3.65. The molecule has 0 bridgehead atoms. The van der Waals surface area contributed by atoms with Crippen molar-refractivity contribution in [1.82, 2.24) is 34.9 Å². The van der Waals surface area contributed by atoms with Crippen molar-refractivity contribution >= 4 is 28.8 Å². The van der Waals surface area contributed by atoms with E-state index in [1.165, 1.54) is 5.56 Å². The highest BCUT2D eigenvalue weighted by atomic mass is 32.2. The summed E-state index contributed by atoms with van der Waals surface area (Å²) >= 11 is 1.55. The Kier molecular flexibility index (Phi) is 5.22. The number of hydrogen-bond donors (Lipinski definition) is 2. The van der Waals surface area contributed by atoms with Crippen LogP contribution in [0, 0.1) is 6.92 Å². The fourth-order valence-electron chi connectivity index (χ4n) is 2.39. The zero-order chi connectivity index (χ0) is 17.8. The number of aryl methyl sites for hydroxylation is 2. The summed E-state index contributed by atoms with van der Waals surface area (Å²) < 4.78 is 1.85. The number of rotatable bonds is 6. The molecule has 0 aliphatic rings. The van der Waals surface area contributed by atoms with E-state index in [2.05, 4.69) is 31.5 Å². The summed E-state index contributed by atoms with van der Waals surface area (Å²) in [6.07, 6.45) is 1.66. The molecule has 0 aliphatic carbocycles. The Morgan fingerprint density at radius 1 is 1.44 bits per heavy atom. The van der Waals surface area contributed by atoms with Crippen LogP contribution in [0.2, 0.25) is 0 Å². The molecular weight excluding hydrogens is 338 g/mol. The zero-order valence-corrected chi connectivity index (χ0v) is 15.3. The molecule has 1 aromatic carbocycles. The van der Waals surface area contributed by atoms with Crippen molar-refractivity contribution in [3.8, 4) is 0 Å². The molecule has 132 valence electrons. The molecule has 0 saturated heterocycles. The van der Waals surface area contributed by atoms with Crippen molar-refractivity contribution in [3.63, 3.8) is 0 Å². The number of carbonyl (C=O) groups excluding carboxylic acids is 1. The molecule has 2 N–H and O–H groups in total. The van der Waals surface area contributed by atoms with Gasteiger partial charge in [-0.15, -0.1) is 10.2 Å². The van der Waals surface area contributed by atoms with Crippen LogP contribution in [0.3, 0.4) is 0 Å². The number of hydrogen-bond acceptors (Lipinski definition) is 5. The quantitative estimate of drug-likeness (QED) is 0.518. The number of amides is 2.